The van der Waals surface area contributed by atoms with Crippen molar-refractivity contribution >= 4 is 35.8 Å². The number of hydrogen-bond acceptors (Lipinski definition) is 5. The zero-order valence-corrected chi connectivity index (χ0v) is 21.8. The SMILES string of the molecule is CCC(C)NC(=O)CCNC(=NC)N1CCN(Cc2cc(OC)ccc2OC)CC1.I. The highest BCUT2D eigenvalue weighted by molar-refractivity contribution is 14.0. The molecule has 0 aliphatic carbocycles. The summed E-state index contributed by atoms with van der Waals surface area (Å²) in [5, 5.41) is 6.31. The van der Waals surface area contributed by atoms with Crippen LogP contribution in [0.15, 0.2) is 23.2 Å². The first-order chi connectivity index (χ1) is 14.5. The minimum atomic E-state index is 0. The van der Waals surface area contributed by atoms with Gasteiger partial charge in [-0.05, 0) is 31.5 Å². The molecule has 9 heteroatoms. The van der Waals surface area contributed by atoms with E-state index in [-0.39, 0.29) is 35.9 Å². The van der Waals surface area contributed by atoms with E-state index in [1.807, 2.05) is 25.1 Å². The van der Waals surface area contributed by atoms with Gasteiger partial charge in [0, 0.05) is 64.3 Å². The quantitative estimate of drug-likeness (QED) is 0.281. The van der Waals surface area contributed by atoms with Crippen LogP contribution in [-0.2, 0) is 11.3 Å². The minimum Gasteiger partial charge on any atom is -0.497 e. The normalized spacial score (nSPS) is 15.6. The second kappa shape index (κ2) is 14.3. The number of nitrogens with one attached hydrogen (secondary N) is 2. The largest absolute Gasteiger partial charge is 0.497 e. The smallest absolute Gasteiger partial charge is 0.221 e. The maximum absolute atomic E-state index is 11.9. The maximum atomic E-state index is 11.9. The van der Waals surface area contributed by atoms with E-state index in [2.05, 4.69) is 32.3 Å². The van der Waals surface area contributed by atoms with Crippen LogP contribution in [0, 0.1) is 0 Å². The lowest BCUT2D eigenvalue weighted by atomic mass is 10.1. The third-order valence-electron chi connectivity index (χ3n) is 5.42. The summed E-state index contributed by atoms with van der Waals surface area (Å²) in [4.78, 5) is 21.0. The first-order valence-corrected chi connectivity index (χ1v) is 10.7. The molecule has 1 amide bonds. The molecule has 1 saturated heterocycles. The lowest BCUT2D eigenvalue weighted by Crippen LogP contribution is -2.52. The van der Waals surface area contributed by atoms with Crippen molar-refractivity contribution in [3.8, 4) is 11.5 Å². The van der Waals surface area contributed by atoms with E-state index in [1.54, 1.807) is 21.3 Å². The van der Waals surface area contributed by atoms with Gasteiger partial charge in [0.05, 0.1) is 14.2 Å². The molecule has 1 aromatic rings. The van der Waals surface area contributed by atoms with Gasteiger partial charge in [0.15, 0.2) is 5.96 Å². The van der Waals surface area contributed by atoms with E-state index in [0.29, 0.717) is 13.0 Å². The van der Waals surface area contributed by atoms with E-state index in [4.69, 9.17) is 9.47 Å². The predicted molar refractivity (Wildman–Crippen MR) is 136 cm³/mol. The van der Waals surface area contributed by atoms with Gasteiger partial charge in [-0.15, -0.1) is 24.0 Å². The van der Waals surface area contributed by atoms with Crippen molar-refractivity contribution in [3.63, 3.8) is 0 Å². The molecule has 0 saturated carbocycles. The second-order valence-corrected chi connectivity index (χ2v) is 7.54. The van der Waals surface area contributed by atoms with Crippen LogP contribution in [0.2, 0.25) is 0 Å². The van der Waals surface area contributed by atoms with Crippen LogP contribution >= 0.6 is 24.0 Å². The molecule has 31 heavy (non-hydrogen) atoms. The highest BCUT2D eigenvalue weighted by atomic mass is 127. The Morgan fingerprint density at radius 1 is 1.19 bits per heavy atom. The average molecular weight is 547 g/mol. The number of methoxy groups -OCH3 is 2. The molecule has 1 aliphatic rings. The average Bonchev–Trinajstić information content (AvgIpc) is 2.77. The topological polar surface area (TPSA) is 78.4 Å². The van der Waals surface area contributed by atoms with E-state index in [9.17, 15) is 4.79 Å². The van der Waals surface area contributed by atoms with Crippen LogP contribution in [0.25, 0.3) is 0 Å². The number of piperazine rings is 1. The molecule has 1 aromatic carbocycles. The van der Waals surface area contributed by atoms with Gasteiger partial charge in [0.25, 0.3) is 0 Å². The Kier molecular flexibility index (Phi) is 12.6. The Hall–Kier alpha value is -1.75. The van der Waals surface area contributed by atoms with Gasteiger partial charge in [-0.1, -0.05) is 6.92 Å². The molecule has 0 aromatic heterocycles. The number of benzene rings is 1. The number of ether oxygens (including phenoxy) is 2. The van der Waals surface area contributed by atoms with Crippen LogP contribution in [0.3, 0.4) is 0 Å². The fourth-order valence-electron chi connectivity index (χ4n) is 3.43. The molecule has 0 spiro atoms. The van der Waals surface area contributed by atoms with Crippen LogP contribution in [-0.4, -0.2) is 81.7 Å². The van der Waals surface area contributed by atoms with Crippen LogP contribution < -0.4 is 20.1 Å². The summed E-state index contributed by atoms with van der Waals surface area (Å²) in [6.07, 6.45) is 1.38. The third-order valence-corrected chi connectivity index (χ3v) is 5.42. The van der Waals surface area contributed by atoms with E-state index < -0.39 is 0 Å². The Balaban J connectivity index is 0.00000480. The molecule has 1 atom stereocenters. The molecular formula is C22H38IN5O3. The third kappa shape index (κ3) is 8.72. The van der Waals surface area contributed by atoms with Gasteiger partial charge in [0.1, 0.15) is 11.5 Å². The summed E-state index contributed by atoms with van der Waals surface area (Å²) in [6.45, 7) is 9.09. The van der Waals surface area contributed by atoms with Crippen molar-refractivity contribution < 1.29 is 14.3 Å². The summed E-state index contributed by atoms with van der Waals surface area (Å²) in [5.41, 5.74) is 1.13. The van der Waals surface area contributed by atoms with Crippen LogP contribution in [0.1, 0.15) is 32.3 Å². The van der Waals surface area contributed by atoms with Gasteiger partial charge >= 0.3 is 0 Å². The Morgan fingerprint density at radius 2 is 1.90 bits per heavy atom. The van der Waals surface area contributed by atoms with Gasteiger partial charge < -0.3 is 25.0 Å². The molecule has 1 fully saturated rings. The number of halogens is 1. The molecule has 1 heterocycles. The van der Waals surface area contributed by atoms with Crippen molar-refractivity contribution in [1.29, 1.82) is 0 Å². The van der Waals surface area contributed by atoms with Crippen molar-refractivity contribution in [2.75, 3.05) is 54.0 Å². The van der Waals surface area contributed by atoms with Crippen molar-refractivity contribution in [3.05, 3.63) is 23.8 Å². The summed E-state index contributed by atoms with van der Waals surface area (Å²) in [6, 6.07) is 6.12. The number of guanidine groups is 1. The first kappa shape index (κ1) is 27.3. The predicted octanol–water partition coefficient (Wildman–Crippen LogP) is 2.32. The maximum Gasteiger partial charge on any atom is 0.221 e. The Morgan fingerprint density at radius 3 is 2.48 bits per heavy atom. The number of rotatable bonds is 9. The molecule has 176 valence electrons. The molecule has 0 bridgehead atoms. The molecule has 8 nitrogen and oxygen atoms in total. The number of carbonyl (C=O) groups is 1. The number of aliphatic imine (C=N–C) groups is 1. The van der Waals surface area contributed by atoms with Crippen LogP contribution in [0.5, 0.6) is 11.5 Å². The lowest BCUT2D eigenvalue weighted by Gasteiger charge is -2.36. The summed E-state index contributed by atoms with van der Waals surface area (Å²) in [7, 11) is 5.16. The zero-order chi connectivity index (χ0) is 21.9. The molecule has 1 aliphatic heterocycles. The first-order valence-electron chi connectivity index (χ1n) is 10.7. The van der Waals surface area contributed by atoms with Gasteiger partial charge in [-0.25, -0.2) is 0 Å². The number of hydrogen-bond donors (Lipinski definition) is 2. The fraction of sp³-hybridized carbons (Fsp3) is 0.636. The van der Waals surface area contributed by atoms with E-state index in [0.717, 1.165) is 62.2 Å². The van der Waals surface area contributed by atoms with E-state index in [1.165, 1.54) is 0 Å². The van der Waals surface area contributed by atoms with Crippen molar-refractivity contribution in [2.45, 2.75) is 39.3 Å². The Bertz CT molecular complexity index is 708. The van der Waals surface area contributed by atoms with Crippen molar-refractivity contribution in [1.82, 2.24) is 20.4 Å². The molecule has 1 unspecified atom stereocenters. The fourth-order valence-corrected chi connectivity index (χ4v) is 3.43. The van der Waals surface area contributed by atoms with Crippen molar-refractivity contribution in [2.24, 2.45) is 4.99 Å². The molecule has 2 N–H and O–H groups in total. The second-order valence-electron chi connectivity index (χ2n) is 7.54. The molecular weight excluding hydrogens is 509 g/mol. The van der Waals surface area contributed by atoms with Crippen LogP contribution in [0.4, 0.5) is 0 Å². The zero-order valence-electron chi connectivity index (χ0n) is 19.4. The highest BCUT2D eigenvalue weighted by Crippen LogP contribution is 2.25. The molecule has 2 rings (SSSR count). The van der Waals surface area contributed by atoms with E-state index >= 15 is 0 Å². The summed E-state index contributed by atoms with van der Waals surface area (Å²) >= 11 is 0. The monoisotopic (exact) mass is 547 g/mol. The number of amides is 1. The lowest BCUT2D eigenvalue weighted by molar-refractivity contribution is -0.121. The van der Waals surface area contributed by atoms with Gasteiger partial charge in [-0.2, -0.15) is 0 Å². The summed E-state index contributed by atoms with van der Waals surface area (Å²) in [5.74, 6) is 2.65. The number of nitrogens with zero attached hydrogens (tertiary/aromatic N) is 3. The number of carbonyl (C=O) groups excluding carboxylic acids is 1. The van der Waals surface area contributed by atoms with Gasteiger partial charge in [0.2, 0.25) is 5.91 Å². The summed E-state index contributed by atoms with van der Waals surface area (Å²) < 4.78 is 10.9. The molecule has 0 radical (unpaired) electrons. The highest BCUT2D eigenvalue weighted by Gasteiger charge is 2.21. The Labute approximate surface area is 203 Å². The minimum absolute atomic E-state index is 0. The standard InChI is InChI=1S/C22H37N5O3.HI/c1-6-17(2)25-21(28)9-10-24-22(23-3)27-13-11-26(12-14-27)16-18-15-19(29-4)7-8-20(18)30-5;/h7-8,15,17H,6,9-14,16H2,1-5H3,(H,23,24)(H,25,28);1H. The van der Waals surface area contributed by atoms with Gasteiger partial charge in [-0.3, -0.25) is 14.7 Å².